The average Bonchev–Trinajstić information content (AvgIpc) is 2.16. The molecule has 0 saturated heterocycles. The molecule has 14 heavy (non-hydrogen) atoms. The first-order valence-electron chi connectivity index (χ1n) is 3.58. The molecule has 6 heteroatoms. The van der Waals surface area contributed by atoms with Crippen molar-refractivity contribution in [2.75, 3.05) is 0 Å². The third-order valence-electron chi connectivity index (χ3n) is 1.63. The molecule has 0 amide bonds. The molecule has 1 aromatic rings. The third kappa shape index (κ3) is 1.99. The van der Waals surface area contributed by atoms with Gasteiger partial charge in [0.25, 0.3) is 6.43 Å². The molecule has 0 bridgehead atoms. The van der Waals surface area contributed by atoms with Crippen molar-refractivity contribution in [3.63, 3.8) is 0 Å². The van der Waals surface area contributed by atoms with Crippen LogP contribution in [-0.4, -0.2) is 10.1 Å². The zero-order valence-electron chi connectivity index (χ0n) is 6.84. The van der Waals surface area contributed by atoms with Gasteiger partial charge in [-0.05, 0) is 22.6 Å². The molecule has 0 aliphatic rings. The van der Waals surface area contributed by atoms with E-state index in [1.807, 2.05) is 0 Å². The second-order valence-corrected chi connectivity index (χ2v) is 3.50. The van der Waals surface area contributed by atoms with Crippen LogP contribution in [0.3, 0.4) is 0 Å². The van der Waals surface area contributed by atoms with Crippen molar-refractivity contribution in [1.82, 2.24) is 4.98 Å². The molecular formula is C8H5F2IN2O. The number of halogens is 3. The lowest BCUT2D eigenvalue weighted by Crippen LogP contribution is -2.02. The lowest BCUT2D eigenvalue weighted by Gasteiger charge is -2.07. The minimum absolute atomic E-state index is 0.126. The van der Waals surface area contributed by atoms with Crippen LogP contribution in [0.5, 0.6) is 0 Å². The van der Waals surface area contributed by atoms with Crippen LogP contribution in [0.25, 0.3) is 0 Å². The number of alkyl halides is 2. The standard InChI is InChI=1S/C8H5F2IN2O/c9-8(10)7-6(11)5(3-14)4(1-12)2-13-7/h2,8,14H,3H2. The minimum Gasteiger partial charge on any atom is -0.392 e. The van der Waals surface area contributed by atoms with E-state index in [0.29, 0.717) is 0 Å². The van der Waals surface area contributed by atoms with Crippen LogP contribution < -0.4 is 0 Å². The van der Waals surface area contributed by atoms with Gasteiger partial charge in [-0.1, -0.05) is 0 Å². The van der Waals surface area contributed by atoms with E-state index in [-0.39, 0.29) is 14.7 Å². The van der Waals surface area contributed by atoms with Gasteiger partial charge in [0.1, 0.15) is 11.8 Å². The minimum atomic E-state index is -2.69. The Morgan fingerprint density at radius 2 is 2.29 bits per heavy atom. The summed E-state index contributed by atoms with van der Waals surface area (Å²) in [7, 11) is 0. The molecule has 1 rings (SSSR count). The zero-order chi connectivity index (χ0) is 10.7. The first-order chi connectivity index (χ1) is 6.61. The summed E-state index contributed by atoms with van der Waals surface area (Å²) in [6.45, 7) is -0.441. The maximum absolute atomic E-state index is 12.3. The fourth-order valence-electron chi connectivity index (χ4n) is 0.945. The Bertz CT molecular complexity index is 390. The first-order valence-corrected chi connectivity index (χ1v) is 4.66. The van der Waals surface area contributed by atoms with Gasteiger partial charge in [0.2, 0.25) is 0 Å². The first kappa shape index (κ1) is 11.3. The Balaban J connectivity index is 3.37. The van der Waals surface area contributed by atoms with E-state index in [9.17, 15) is 8.78 Å². The van der Waals surface area contributed by atoms with Gasteiger partial charge in [0.05, 0.1) is 12.2 Å². The van der Waals surface area contributed by atoms with Gasteiger partial charge in [0, 0.05) is 15.3 Å². The van der Waals surface area contributed by atoms with Crippen LogP contribution in [0.4, 0.5) is 8.78 Å². The maximum atomic E-state index is 12.3. The molecule has 0 saturated carbocycles. The van der Waals surface area contributed by atoms with Gasteiger partial charge in [-0.2, -0.15) is 5.26 Å². The monoisotopic (exact) mass is 310 g/mol. The van der Waals surface area contributed by atoms with Gasteiger partial charge in [0.15, 0.2) is 0 Å². The van der Waals surface area contributed by atoms with Crippen molar-refractivity contribution in [3.8, 4) is 6.07 Å². The van der Waals surface area contributed by atoms with Crippen molar-refractivity contribution < 1.29 is 13.9 Å². The highest BCUT2D eigenvalue weighted by Crippen LogP contribution is 2.26. The van der Waals surface area contributed by atoms with E-state index in [4.69, 9.17) is 10.4 Å². The van der Waals surface area contributed by atoms with E-state index in [0.717, 1.165) is 6.20 Å². The van der Waals surface area contributed by atoms with Crippen LogP contribution in [0.2, 0.25) is 0 Å². The number of rotatable bonds is 2. The van der Waals surface area contributed by atoms with Crippen molar-refractivity contribution in [1.29, 1.82) is 5.26 Å². The zero-order valence-corrected chi connectivity index (χ0v) is 8.99. The Labute approximate surface area is 92.5 Å². The van der Waals surface area contributed by atoms with Crippen LogP contribution in [-0.2, 0) is 6.61 Å². The van der Waals surface area contributed by atoms with E-state index in [1.165, 1.54) is 0 Å². The quantitative estimate of drug-likeness (QED) is 0.850. The summed E-state index contributed by atoms with van der Waals surface area (Å²) in [4.78, 5) is 3.47. The molecule has 0 spiro atoms. The molecule has 1 aromatic heterocycles. The van der Waals surface area contributed by atoms with Gasteiger partial charge < -0.3 is 5.11 Å². The number of aromatic nitrogens is 1. The molecule has 0 aliphatic heterocycles. The lowest BCUT2D eigenvalue weighted by atomic mass is 10.1. The number of hydrogen-bond acceptors (Lipinski definition) is 3. The summed E-state index contributed by atoms with van der Waals surface area (Å²) in [6.07, 6.45) is -1.64. The summed E-state index contributed by atoms with van der Waals surface area (Å²) >= 11 is 1.65. The highest BCUT2D eigenvalue weighted by atomic mass is 127. The molecule has 1 N–H and O–H groups in total. The van der Waals surface area contributed by atoms with Crippen LogP contribution >= 0.6 is 22.6 Å². The van der Waals surface area contributed by atoms with E-state index < -0.39 is 18.7 Å². The topological polar surface area (TPSA) is 56.9 Å². The number of hydrogen-bond donors (Lipinski definition) is 1. The Kier molecular flexibility index (Phi) is 3.71. The number of pyridine rings is 1. The third-order valence-corrected chi connectivity index (χ3v) is 2.84. The van der Waals surface area contributed by atoms with Crippen LogP contribution in [0.15, 0.2) is 6.20 Å². The second-order valence-electron chi connectivity index (χ2n) is 2.42. The molecule has 0 aromatic carbocycles. The summed E-state index contributed by atoms with van der Waals surface area (Å²) in [5.74, 6) is 0. The maximum Gasteiger partial charge on any atom is 0.281 e. The predicted molar refractivity (Wildman–Crippen MR) is 52.5 cm³/mol. The van der Waals surface area contributed by atoms with Gasteiger partial charge >= 0.3 is 0 Å². The number of aliphatic hydroxyl groups is 1. The normalized spacial score (nSPS) is 10.3. The Hall–Kier alpha value is -0.810. The van der Waals surface area contributed by atoms with Crippen molar-refractivity contribution in [2.24, 2.45) is 0 Å². The van der Waals surface area contributed by atoms with Crippen molar-refractivity contribution in [2.45, 2.75) is 13.0 Å². The number of nitrogens with zero attached hydrogens (tertiary/aromatic N) is 2. The Morgan fingerprint density at radius 3 is 2.71 bits per heavy atom. The van der Waals surface area contributed by atoms with Crippen molar-refractivity contribution in [3.05, 3.63) is 26.6 Å². The largest absolute Gasteiger partial charge is 0.392 e. The molecule has 0 radical (unpaired) electrons. The van der Waals surface area contributed by atoms with E-state index >= 15 is 0 Å². The molecule has 0 fully saturated rings. The van der Waals surface area contributed by atoms with Gasteiger partial charge in [-0.3, -0.25) is 4.98 Å². The molecule has 0 unspecified atom stereocenters. The van der Waals surface area contributed by atoms with Gasteiger partial charge in [-0.15, -0.1) is 0 Å². The molecule has 3 nitrogen and oxygen atoms in total. The van der Waals surface area contributed by atoms with Crippen LogP contribution in [0, 0.1) is 14.9 Å². The molecule has 74 valence electrons. The van der Waals surface area contributed by atoms with Crippen LogP contribution in [0.1, 0.15) is 23.2 Å². The molecule has 0 aliphatic carbocycles. The lowest BCUT2D eigenvalue weighted by molar-refractivity contribution is 0.144. The highest BCUT2D eigenvalue weighted by Gasteiger charge is 2.18. The average molecular weight is 310 g/mol. The van der Waals surface area contributed by atoms with E-state index in [2.05, 4.69) is 4.98 Å². The fourth-order valence-corrected chi connectivity index (χ4v) is 1.78. The summed E-state index contributed by atoms with van der Waals surface area (Å²) < 4.78 is 24.8. The second kappa shape index (κ2) is 4.61. The summed E-state index contributed by atoms with van der Waals surface area (Å²) in [6, 6.07) is 1.78. The SMILES string of the molecule is N#Cc1cnc(C(F)F)c(I)c1CO. The highest BCUT2D eigenvalue weighted by molar-refractivity contribution is 14.1. The van der Waals surface area contributed by atoms with E-state index in [1.54, 1.807) is 28.7 Å². The number of aliphatic hydroxyl groups excluding tert-OH is 1. The summed E-state index contributed by atoms with van der Waals surface area (Å²) in [5.41, 5.74) is -0.0617. The summed E-state index contributed by atoms with van der Waals surface area (Å²) in [5, 5.41) is 17.5. The molecule has 1 heterocycles. The fraction of sp³-hybridized carbons (Fsp3) is 0.250. The van der Waals surface area contributed by atoms with Gasteiger partial charge in [-0.25, -0.2) is 8.78 Å². The smallest absolute Gasteiger partial charge is 0.281 e. The molecular weight excluding hydrogens is 305 g/mol. The number of nitriles is 1. The predicted octanol–water partition coefficient (Wildman–Crippen LogP) is 1.99. The Morgan fingerprint density at radius 1 is 1.64 bits per heavy atom. The molecule has 0 atom stereocenters. The van der Waals surface area contributed by atoms with Crippen molar-refractivity contribution >= 4 is 22.6 Å².